The highest BCUT2D eigenvalue weighted by Crippen LogP contribution is 2.23. The van der Waals surface area contributed by atoms with Crippen molar-refractivity contribution in [2.75, 3.05) is 19.0 Å². The Hall–Kier alpha value is -3.62. The van der Waals surface area contributed by atoms with Gasteiger partial charge in [-0.1, -0.05) is 52.2 Å². The molecule has 0 saturated heterocycles. The maximum Gasteiger partial charge on any atom is 0.306 e. The maximum absolute atomic E-state index is 12.7. The van der Waals surface area contributed by atoms with E-state index >= 15 is 0 Å². The van der Waals surface area contributed by atoms with Crippen LogP contribution in [0.1, 0.15) is 80.1 Å². The molecule has 38 heavy (non-hydrogen) atoms. The number of carboxylic acids is 1. The lowest BCUT2D eigenvalue weighted by molar-refractivity contribution is -0.142. The van der Waals surface area contributed by atoms with Crippen LogP contribution in [-0.4, -0.2) is 40.5 Å². The minimum atomic E-state index is -0.602. The van der Waals surface area contributed by atoms with Crippen molar-refractivity contribution >= 4 is 17.6 Å². The standard InChI is InChI=1S/C19H26N4O3.C7H12O2.C3H8/c1-7-26-17-11-21-10-16(22-17)23-18(14(5)20)19(24)13(4)8-9-15(25-6)12(2)3;8-7(9)6-4-2-1-3-5-6;1-3-2/h8-11H,2,7,20H2,1,3-6H3,(H,22,23);6H,1-5H2,(H,8,9);3H2,1-2H3/b13-8+,15-9+,18-14+;;. The lowest BCUT2D eigenvalue weighted by Crippen LogP contribution is -2.18. The number of Topliss-reactive ketones (excluding diaryl/α,β-unsaturated/α-hetero) is 1. The molecule has 1 aliphatic rings. The van der Waals surface area contributed by atoms with Crippen LogP contribution in [0.5, 0.6) is 5.88 Å². The van der Waals surface area contributed by atoms with Gasteiger partial charge in [-0.2, -0.15) is 4.98 Å². The third-order valence-electron chi connectivity index (χ3n) is 5.22. The zero-order valence-electron chi connectivity index (χ0n) is 24.1. The summed E-state index contributed by atoms with van der Waals surface area (Å²) in [6.07, 6.45) is 12.8. The van der Waals surface area contributed by atoms with Crippen LogP contribution in [0.25, 0.3) is 0 Å². The largest absolute Gasteiger partial charge is 0.497 e. The van der Waals surface area contributed by atoms with Crippen LogP contribution in [0.2, 0.25) is 0 Å². The molecule has 0 amide bonds. The van der Waals surface area contributed by atoms with Crippen LogP contribution in [0.4, 0.5) is 5.82 Å². The number of allylic oxidation sites excluding steroid dienone is 5. The Balaban J connectivity index is 0.000000938. The first-order chi connectivity index (χ1) is 18.0. The van der Waals surface area contributed by atoms with Crippen molar-refractivity contribution in [1.29, 1.82) is 0 Å². The smallest absolute Gasteiger partial charge is 0.306 e. The second-order valence-electron chi connectivity index (χ2n) is 8.93. The van der Waals surface area contributed by atoms with E-state index in [1.165, 1.54) is 25.2 Å². The van der Waals surface area contributed by atoms with Crippen LogP contribution >= 0.6 is 0 Å². The number of ketones is 1. The summed E-state index contributed by atoms with van der Waals surface area (Å²) >= 11 is 0. The molecule has 1 fully saturated rings. The summed E-state index contributed by atoms with van der Waals surface area (Å²) in [6.45, 7) is 15.5. The molecule has 0 spiro atoms. The van der Waals surface area contributed by atoms with Crippen LogP contribution in [0.15, 0.2) is 59.4 Å². The molecule has 1 saturated carbocycles. The van der Waals surface area contributed by atoms with Crippen LogP contribution in [0.3, 0.4) is 0 Å². The topological polar surface area (TPSA) is 137 Å². The molecule has 0 aromatic carbocycles. The van der Waals surface area contributed by atoms with E-state index in [0.717, 1.165) is 31.3 Å². The fourth-order valence-corrected chi connectivity index (χ4v) is 3.30. The van der Waals surface area contributed by atoms with E-state index in [2.05, 4.69) is 35.7 Å². The van der Waals surface area contributed by atoms with E-state index in [1.54, 1.807) is 33.1 Å². The number of hydrogen-bond donors (Lipinski definition) is 3. The molecule has 212 valence electrons. The van der Waals surface area contributed by atoms with Gasteiger partial charge in [0.15, 0.2) is 5.82 Å². The molecule has 0 unspecified atom stereocenters. The third-order valence-corrected chi connectivity index (χ3v) is 5.22. The first-order valence-corrected chi connectivity index (χ1v) is 13.1. The highest BCUT2D eigenvalue weighted by atomic mass is 16.5. The first kappa shape index (κ1) is 34.4. The number of anilines is 1. The predicted octanol–water partition coefficient (Wildman–Crippen LogP) is 6.17. The lowest BCUT2D eigenvalue weighted by atomic mass is 9.90. The summed E-state index contributed by atoms with van der Waals surface area (Å²) < 4.78 is 10.5. The molecular weight excluding hydrogens is 484 g/mol. The number of aromatic nitrogens is 2. The van der Waals surface area contributed by atoms with Crippen LogP contribution < -0.4 is 15.8 Å². The number of carbonyl (C=O) groups is 2. The molecule has 9 nitrogen and oxygen atoms in total. The molecule has 2 rings (SSSR count). The van der Waals surface area contributed by atoms with Gasteiger partial charge < -0.3 is 25.6 Å². The Morgan fingerprint density at radius 3 is 2.18 bits per heavy atom. The zero-order chi connectivity index (χ0) is 29.1. The number of rotatable bonds is 10. The molecular formula is C29H46N4O5. The van der Waals surface area contributed by atoms with E-state index in [4.69, 9.17) is 20.3 Å². The Labute approximate surface area is 227 Å². The minimum absolute atomic E-state index is 0.0289. The molecule has 0 radical (unpaired) electrons. The molecule has 4 N–H and O–H groups in total. The number of aliphatic carboxylic acids is 1. The summed E-state index contributed by atoms with van der Waals surface area (Å²) in [7, 11) is 1.55. The highest BCUT2D eigenvalue weighted by molar-refractivity contribution is 6.10. The van der Waals surface area contributed by atoms with E-state index in [-0.39, 0.29) is 17.4 Å². The van der Waals surface area contributed by atoms with Crippen LogP contribution in [-0.2, 0) is 14.3 Å². The fraction of sp³-hybridized carbons (Fsp3) is 0.517. The predicted molar refractivity (Wildman–Crippen MR) is 153 cm³/mol. The lowest BCUT2D eigenvalue weighted by Gasteiger charge is -2.16. The number of carbonyl (C=O) groups excluding carboxylic acids is 1. The van der Waals surface area contributed by atoms with Crippen molar-refractivity contribution in [2.45, 2.75) is 80.1 Å². The molecule has 1 aromatic heterocycles. The number of nitrogens with zero attached hydrogens (tertiary/aromatic N) is 2. The normalized spacial score (nSPS) is 14.5. The summed E-state index contributed by atoms with van der Waals surface area (Å²) in [4.78, 5) is 31.4. The van der Waals surface area contributed by atoms with Crippen molar-refractivity contribution in [3.8, 4) is 5.88 Å². The monoisotopic (exact) mass is 530 g/mol. The minimum Gasteiger partial charge on any atom is -0.497 e. The van der Waals surface area contributed by atoms with Crippen molar-refractivity contribution in [3.63, 3.8) is 0 Å². The average Bonchev–Trinajstić information content (AvgIpc) is 2.88. The first-order valence-electron chi connectivity index (χ1n) is 13.1. The van der Waals surface area contributed by atoms with Gasteiger partial charge in [-0.05, 0) is 57.8 Å². The Bertz CT molecular complexity index is 988. The van der Waals surface area contributed by atoms with E-state index in [1.807, 2.05) is 13.8 Å². The number of ether oxygens (including phenoxy) is 2. The summed E-state index contributed by atoms with van der Waals surface area (Å²) in [5.74, 6) is 0.429. The van der Waals surface area contributed by atoms with Crippen LogP contribution in [0, 0.1) is 5.92 Å². The molecule has 1 aromatic rings. The van der Waals surface area contributed by atoms with Gasteiger partial charge in [0, 0.05) is 5.70 Å². The van der Waals surface area contributed by atoms with E-state index < -0.39 is 5.97 Å². The second-order valence-corrected chi connectivity index (χ2v) is 8.93. The molecule has 1 aliphatic carbocycles. The number of nitrogens with one attached hydrogen (secondary N) is 1. The van der Waals surface area contributed by atoms with Gasteiger partial charge in [-0.3, -0.25) is 14.6 Å². The number of nitrogens with two attached hydrogens (primary N) is 1. The van der Waals surface area contributed by atoms with Gasteiger partial charge >= 0.3 is 5.97 Å². The fourth-order valence-electron chi connectivity index (χ4n) is 3.30. The summed E-state index contributed by atoms with van der Waals surface area (Å²) in [5.41, 5.74) is 7.68. The zero-order valence-corrected chi connectivity index (χ0v) is 24.1. The highest BCUT2D eigenvalue weighted by Gasteiger charge is 2.19. The molecule has 9 heteroatoms. The quantitative estimate of drug-likeness (QED) is 0.184. The van der Waals surface area contributed by atoms with Gasteiger partial charge in [0.1, 0.15) is 11.5 Å². The Kier molecular flexibility index (Phi) is 17.6. The van der Waals surface area contributed by atoms with Crippen molar-refractivity contribution in [3.05, 3.63) is 59.4 Å². The summed E-state index contributed by atoms with van der Waals surface area (Å²) in [6, 6.07) is 0. The Morgan fingerprint density at radius 2 is 1.74 bits per heavy atom. The van der Waals surface area contributed by atoms with Crippen molar-refractivity contribution < 1.29 is 24.2 Å². The SMILES string of the molecule is C=C(C)/C(=C\C=C(/C)C(=O)/C(Nc1cncc(OCC)n1)=C(/C)N)OC.CCC.O=C(O)C1CCCCC1. The Morgan fingerprint density at radius 1 is 1.13 bits per heavy atom. The maximum atomic E-state index is 12.7. The van der Waals surface area contributed by atoms with Crippen molar-refractivity contribution in [1.82, 2.24) is 9.97 Å². The number of hydrogen-bond acceptors (Lipinski definition) is 8. The van der Waals surface area contributed by atoms with Gasteiger partial charge in [0.05, 0.1) is 32.0 Å². The number of carboxylic acid groups (broad SMARTS) is 1. The van der Waals surface area contributed by atoms with Gasteiger partial charge in [-0.25, -0.2) is 0 Å². The molecule has 0 aliphatic heterocycles. The van der Waals surface area contributed by atoms with Gasteiger partial charge in [-0.15, -0.1) is 0 Å². The molecule has 0 atom stereocenters. The second kappa shape index (κ2) is 19.5. The third kappa shape index (κ3) is 13.6. The average molecular weight is 531 g/mol. The van der Waals surface area contributed by atoms with E-state index in [9.17, 15) is 9.59 Å². The molecule has 1 heterocycles. The van der Waals surface area contributed by atoms with Crippen molar-refractivity contribution in [2.24, 2.45) is 11.7 Å². The van der Waals surface area contributed by atoms with Gasteiger partial charge in [0.25, 0.3) is 0 Å². The summed E-state index contributed by atoms with van der Waals surface area (Å²) in [5, 5.41) is 11.5. The van der Waals surface area contributed by atoms with E-state index in [0.29, 0.717) is 35.3 Å². The van der Waals surface area contributed by atoms with Gasteiger partial charge in [0.2, 0.25) is 11.7 Å². The molecule has 0 bridgehead atoms. The number of methoxy groups -OCH3 is 1.